The third kappa shape index (κ3) is 3.21. The maximum Gasteiger partial charge on any atom is 0.246 e. The van der Waals surface area contributed by atoms with Gasteiger partial charge in [0.05, 0.1) is 24.1 Å². The molecule has 116 valence electrons. The van der Waals surface area contributed by atoms with Gasteiger partial charge in [-0.05, 0) is 11.1 Å². The van der Waals surface area contributed by atoms with Crippen molar-refractivity contribution < 1.29 is 4.79 Å². The van der Waals surface area contributed by atoms with Crippen LogP contribution in [-0.2, 0) is 11.3 Å². The first-order valence-electron chi connectivity index (χ1n) is 6.94. The van der Waals surface area contributed by atoms with Gasteiger partial charge in [-0.1, -0.05) is 47.0 Å². The molecule has 23 heavy (non-hydrogen) atoms. The average Bonchev–Trinajstić information content (AvgIpc) is 2.56. The standard InChI is InChI=1S/C15H13ClN6O/c16-14-6-12-13(7-18-14)22(10-19-20-17)15(23)9-21(12)8-11-4-2-1-3-5-11/h1-7H,8-10H2. The second-order valence-corrected chi connectivity index (χ2v) is 5.42. The molecular formula is C15H13ClN6O. The van der Waals surface area contributed by atoms with Gasteiger partial charge in [-0.25, -0.2) is 4.98 Å². The molecule has 0 radical (unpaired) electrons. The maximum absolute atomic E-state index is 12.4. The Labute approximate surface area is 137 Å². The molecule has 2 aromatic rings. The van der Waals surface area contributed by atoms with E-state index in [4.69, 9.17) is 17.1 Å². The number of halogens is 1. The molecule has 1 aliphatic rings. The van der Waals surface area contributed by atoms with Gasteiger partial charge in [-0.15, -0.1) is 0 Å². The molecule has 1 aromatic heterocycles. The van der Waals surface area contributed by atoms with Crippen LogP contribution in [0.1, 0.15) is 5.56 Å². The molecule has 0 spiro atoms. The predicted octanol–water partition coefficient (Wildman–Crippen LogP) is 3.36. The van der Waals surface area contributed by atoms with Gasteiger partial charge >= 0.3 is 0 Å². The summed E-state index contributed by atoms with van der Waals surface area (Å²) in [6.07, 6.45) is 1.53. The van der Waals surface area contributed by atoms with E-state index < -0.39 is 0 Å². The maximum atomic E-state index is 12.4. The highest BCUT2D eigenvalue weighted by atomic mass is 35.5. The van der Waals surface area contributed by atoms with Crippen molar-refractivity contribution in [3.63, 3.8) is 0 Å². The third-order valence-corrected chi connectivity index (χ3v) is 3.78. The van der Waals surface area contributed by atoms with E-state index in [2.05, 4.69) is 15.0 Å². The Hall–Kier alpha value is -2.76. The van der Waals surface area contributed by atoms with Crippen LogP contribution >= 0.6 is 11.6 Å². The molecule has 0 saturated heterocycles. The summed E-state index contributed by atoms with van der Waals surface area (Å²) in [6, 6.07) is 11.6. The first-order chi connectivity index (χ1) is 11.2. The van der Waals surface area contributed by atoms with Crippen molar-refractivity contribution >= 4 is 28.9 Å². The Morgan fingerprint density at radius 1 is 1.30 bits per heavy atom. The molecule has 1 aromatic carbocycles. The van der Waals surface area contributed by atoms with Gasteiger partial charge in [-0.3, -0.25) is 4.79 Å². The van der Waals surface area contributed by atoms with Crippen LogP contribution in [0.5, 0.6) is 0 Å². The van der Waals surface area contributed by atoms with E-state index >= 15 is 0 Å². The van der Waals surface area contributed by atoms with Crippen LogP contribution in [-0.4, -0.2) is 24.1 Å². The second-order valence-electron chi connectivity index (χ2n) is 5.03. The Balaban J connectivity index is 1.98. The number of hydrogen-bond acceptors (Lipinski definition) is 4. The lowest BCUT2D eigenvalue weighted by atomic mass is 10.1. The molecule has 0 bridgehead atoms. The Morgan fingerprint density at radius 2 is 2.09 bits per heavy atom. The molecule has 0 N–H and O–H groups in total. The highest BCUT2D eigenvalue weighted by molar-refractivity contribution is 6.29. The molecule has 0 saturated carbocycles. The fourth-order valence-electron chi connectivity index (χ4n) is 2.53. The van der Waals surface area contributed by atoms with Gasteiger partial charge in [0.2, 0.25) is 5.91 Å². The van der Waals surface area contributed by atoms with Gasteiger partial charge in [0, 0.05) is 17.5 Å². The molecule has 1 aliphatic heterocycles. The highest BCUT2D eigenvalue weighted by Gasteiger charge is 2.29. The van der Waals surface area contributed by atoms with Crippen LogP contribution in [0.15, 0.2) is 47.7 Å². The van der Waals surface area contributed by atoms with E-state index in [1.54, 1.807) is 6.07 Å². The van der Waals surface area contributed by atoms with E-state index in [9.17, 15) is 4.79 Å². The molecule has 2 heterocycles. The number of fused-ring (bicyclic) bond motifs is 1. The summed E-state index contributed by atoms with van der Waals surface area (Å²) in [5.74, 6) is -0.148. The second kappa shape index (κ2) is 6.56. The summed E-state index contributed by atoms with van der Waals surface area (Å²) < 4.78 is 0. The normalized spacial score (nSPS) is 13.5. The van der Waals surface area contributed by atoms with Crippen LogP contribution in [0, 0.1) is 0 Å². The molecule has 1 amide bonds. The Morgan fingerprint density at radius 3 is 2.83 bits per heavy atom. The van der Waals surface area contributed by atoms with Gasteiger partial charge in [-0.2, -0.15) is 0 Å². The fraction of sp³-hybridized carbons (Fsp3) is 0.200. The lowest BCUT2D eigenvalue weighted by Crippen LogP contribution is -2.45. The van der Waals surface area contributed by atoms with Crippen LogP contribution in [0.4, 0.5) is 11.4 Å². The summed E-state index contributed by atoms with van der Waals surface area (Å²) in [4.78, 5) is 22.5. The number of benzene rings is 1. The van der Waals surface area contributed by atoms with Crippen molar-refractivity contribution in [1.82, 2.24) is 4.98 Å². The van der Waals surface area contributed by atoms with E-state index in [0.717, 1.165) is 11.3 Å². The van der Waals surface area contributed by atoms with Gasteiger partial charge in [0.1, 0.15) is 11.8 Å². The summed E-state index contributed by atoms with van der Waals surface area (Å²) in [7, 11) is 0. The zero-order valence-corrected chi connectivity index (χ0v) is 12.9. The SMILES string of the molecule is [N-]=[N+]=NCN1C(=O)CN(Cc2ccccc2)c2cc(Cl)ncc21. The minimum absolute atomic E-state index is 0.0647. The number of hydrogen-bond donors (Lipinski definition) is 0. The molecule has 7 nitrogen and oxygen atoms in total. The highest BCUT2D eigenvalue weighted by Crippen LogP contribution is 2.35. The summed E-state index contributed by atoms with van der Waals surface area (Å²) in [6.45, 7) is 0.698. The first kappa shape index (κ1) is 15.1. The Bertz CT molecular complexity index is 775. The summed E-state index contributed by atoms with van der Waals surface area (Å²) in [5.41, 5.74) is 11.0. The number of aromatic nitrogens is 1. The molecular weight excluding hydrogens is 316 g/mol. The van der Waals surface area contributed by atoms with Crippen LogP contribution in [0.25, 0.3) is 10.4 Å². The van der Waals surface area contributed by atoms with Gasteiger partial charge in [0.25, 0.3) is 0 Å². The predicted molar refractivity (Wildman–Crippen MR) is 88.2 cm³/mol. The molecule has 0 unspecified atom stereocenters. The summed E-state index contributed by atoms with van der Waals surface area (Å²) >= 11 is 6.01. The minimum Gasteiger partial charge on any atom is -0.356 e. The van der Waals surface area contributed by atoms with Crippen molar-refractivity contribution in [2.24, 2.45) is 5.11 Å². The number of anilines is 2. The fourth-order valence-corrected chi connectivity index (χ4v) is 2.69. The van der Waals surface area contributed by atoms with Crippen molar-refractivity contribution in [3.05, 3.63) is 63.8 Å². The van der Waals surface area contributed by atoms with Crippen LogP contribution in [0.2, 0.25) is 5.15 Å². The minimum atomic E-state index is -0.148. The topological polar surface area (TPSA) is 85.2 Å². The zero-order chi connectivity index (χ0) is 16.2. The Kier molecular flexibility index (Phi) is 4.32. The lowest BCUT2D eigenvalue weighted by molar-refractivity contribution is -0.117. The monoisotopic (exact) mass is 328 g/mol. The van der Waals surface area contributed by atoms with E-state index in [0.29, 0.717) is 17.4 Å². The number of azide groups is 1. The number of carbonyl (C=O) groups excluding carboxylic acids is 1. The first-order valence-corrected chi connectivity index (χ1v) is 7.32. The number of amides is 1. The number of carbonyl (C=O) groups is 1. The molecule has 0 fully saturated rings. The molecule has 0 atom stereocenters. The summed E-state index contributed by atoms with van der Waals surface area (Å²) in [5, 5.41) is 3.83. The van der Waals surface area contributed by atoms with E-state index in [-0.39, 0.29) is 19.1 Å². The zero-order valence-electron chi connectivity index (χ0n) is 12.1. The average molecular weight is 329 g/mol. The number of pyridine rings is 1. The largest absolute Gasteiger partial charge is 0.356 e. The van der Waals surface area contributed by atoms with Crippen molar-refractivity contribution in [3.8, 4) is 0 Å². The van der Waals surface area contributed by atoms with Crippen molar-refractivity contribution in [2.45, 2.75) is 6.54 Å². The van der Waals surface area contributed by atoms with E-state index in [1.165, 1.54) is 11.1 Å². The number of nitrogens with zero attached hydrogens (tertiary/aromatic N) is 6. The lowest BCUT2D eigenvalue weighted by Gasteiger charge is -2.36. The van der Waals surface area contributed by atoms with Crippen molar-refractivity contribution in [1.29, 1.82) is 0 Å². The number of rotatable bonds is 4. The van der Waals surface area contributed by atoms with Gasteiger partial charge in [0.15, 0.2) is 0 Å². The molecule has 3 rings (SSSR count). The van der Waals surface area contributed by atoms with Crippen LogP contribution in [0.3, 0.4) is 0 Å². The van der Waals surface area contributed by atoms with E-state index in [1.807, 2.05) is 35.2 Å². The van der Waals surface area contributed by atoms with Gasteiger partial charge < -0.3 is 9.80 Å². The molecule has 0 aliphatic carbocycles. The smallest absolute Gasteiger partial charge is 0.246 e. The van der Waals surface area contributed by atoms with Crippen LogP contribution < -0.4 is 9.80 Å². The van der Waals surface area contributed by atoms with Crippen molar-refractivity contribution in [2.75, 3.05) is 23.0 Å². The third-order valence-electron chi connectivity index (χ3n) is 3.57. The molecule has 8 heteroatoms. The quantitative estimate of drug-likeness (QED) is 0.373.